The maximum Gasteiger partial charge on any atom is 0.240 e. The number of methoxy groups -OCH3 is 1. The Balaban J connectivity index is 1.80. The van der Waals surface area contributed by atoms with Crippen molar-refractivity contribution in [2.75, 3.05) is 25.3 Å². The van der Waals surface area contributed by atoms with Crippen LogP contribution in [-0.2, 0) is 16.6 Å². The number of nitrogens with one attached hydrogen (secondary N) is 1. The Bertz CT molecular complexity index is 760. The summed E-state index contributed by atoms with van der Waals surface area (Å²) < 4.78 is 7.06. The second-order valence-corrected chi connectivity index (χ2v) is 6.69. The molecule has 0 saturated carbocycles. The van der Waals surface area contributed by atoms with Gasteiger partial charge >= 0.3 is 0 Å². The predicted octanol–water partition coefficient (Wildman–Crippen LogP) is 1.17. The minimum atomic E-state index is -0.399. The number of hydrogen-bond acceptors (Lipinski definition) is 5. The van der Waals surface area contributed by atoms with Crippen LogP contribution < -0.4 is 10.1 Å². The Morgan fingerprint density at radius 1 is 1.40 bits per heavy atom. The van der Waals surface area contributed by atoms with E-state index < -0.39 is 6.04 Å². The molecule has 132 valence electrons. The van der Waals surface area contributed by atoms with E-state index in [1.165, 1.54) is 11.8 Å². The van der Waals surface area contributed by atoms with Crippen LogP contribution in [0.1, 0.15) is 17.4 Å². The number of thioether (sulfide) groups is 1. The molecular weight excluding hydrogens is 340 g/mol. The highest BCUT2D eigenvalue weighted by molar-refractivity contribution is 8.00. The van der Waals surface area contributed by atoms with Crippen LogP contribution in [-0.4, -0.2) is 51.5 Å². The molecular formula is C17H20N4O3S. The summed E-state index contributed by atoms with van der Waals surface area (Å²) in [6.07, 6.45) is 3.53. The molecule has 7 nitrogen and oxygen atoms in total. The van der Waals surface area contributed by atoms with Gasteiger partial charge in [-0.25, -0.2) is 4.98 Å². The lowest BCUT2D eigenvalue weighted by Crippen LogP contribution is -2.40. The first-order chi connectivity index (χ1) is 12.1. The van der Waals surface area contributed by atoms with E-state index in [2.05, 4.69) is 10.3 Å². The monoisotopic (exact) mass is 360 g/mol. The molecule has 1 fully saturated rings. The molecule has 1 saturated heterocycles. The molecule has 0 spiro atoms. The summed E-state index contributed by atoms with van der Waals surface area (Å²) in [5.74, 6) is 2.25. The maximum atomic E-state index is 12.5. The summed E-state index contributed by atoms with van der Waals surface area (Å²) in [4.78, 5) is 30.1. The van der Waals surface area contributed by atoms with E-state index in [4.69, 9.17) is 4.74 Å². The number of carbonyl (C=O) groups excluding carboxylic acids is 2. The van der Waals surface area contributed by atoms with Crippen molar-refractivity contribution in [1.82, 2.24) is 19.8 Å². The summed E-state index contributed by atoms with van der Waals surface area (Å²) in [5, 5.41) is 3.00. The summed E-state index contributed by atoms with van der Waals surface area (Å²) >= 11 is 1.52. The van der Waals surface area contributed by atoms with E-state index in [1.54, 1.807) is 18.2 Å². The van der Waals surface area contributed by atoms with Gasteiger partial charge in [0.1, 0.15) is 24.2 Å². The Kier molecular flexibility index (Phi) is 5.28. The molecule has 1 aliphatic rings. The predicted molar refractivity (Wildman–Crippen MR) is 95.2 cm³/mol. The third-order valence-corrected chi connectivity index (χ3v) is 4.98. The molecule has 1 atom stereocenters. The van der Waals surface area contributed by atoms with Gasteiger partial charge in [-0.05, 0) is 17.7 Å². The third-order valence-electron chi connectivity index (χ3n) is 4.03. The normalized spacial score (nSPS) is 15.3. The molecule has 1 aliphatic heterocycles. The lowest BCUT2D eigenvalue weighted by molar-refractivity contribution is -0.132. The van der Waals surface area contributed by atoms with E-state index in [0.717, 1.165) is 17.1 Å². The van der Waals surface area contributed by atoms with Crippen molar-refractivity contribution in [2.45, 2.75) is 6.04 Å². The Morgan fingerprint density at radius 2 is 2.16 bits per heavy atom. The van der Waals surface area contributed by atoms with Crippen molar-refractivity contribution in [3.8, 4) is 5.75 Å². The van der Waals surface area contributed by atoms with Crippen molar-refractivity contribution in [2.24, 2.45) is 7.05 Å². The van der Waals surface area contributed by atoms with Gasteiger partial charge in [0.2, 0.25) is 11.8 Å². The van der Waals surface area contributed by atoms with Crippen molar-refractivity contribution < 1.29 is 14.3 Å². The van der Waals surface area contributed by atoms with Crippen molar-refractivity contribution in [1.29, 1.82) is 0 Å². The quantitative estimate of drug-likeness (QED) is 0.837. The number of ether oxygens (including phenoxy) is 1. The van der Waals surface area contributed by atoms with Crippen LogP contribution in [0.5, 0.6) is 5.75 Å². The van der Waals surface area contributed by atoms with Crippen molar-refractivity contribution >= 4 is 23.6 Å². The summed E-state index contributed by atoms with van der Waals surface area (Å²) in [6, 6.07) is 7.09. The largest absolute Gasteiger partial charge is 0.497 e. The number of imidazole rings is 1. The molecule has 8 heteroatoms. The SMILES string of the molecule is COc1ccc([C@@H](NC(=O)CN2CSCC2=O)c2nccn2C)cc1. The lowest BCUT2D eigenvalue weighted by atomic mass is 10.1. The zero-order chi connectivity index (χ0) is 17.8. The molecule has 0 aliphatic carbocycles. The first-order valence-electron chi connectivity index (χ1n) is 7.84. The van der Waals surface area contributed by atoms with Crippen LogP contribution >= 0.6 is 11.8 Å². The van der Waals surface area contributed by atoms with Crippen LogP contribution in [0.2, 0.25) is 0 Å². The molecule has 2 amide bonds. The average molecular weight is 360 g/mol. The van der Waals surface area contributed by atoms with Gasteiger partial charge in [0.25, 0.3) is 0 Å². The lowest BCUT2D eigenvalue weighted by Gasteiger charge is -2.21. The number of rotatable bonds is 6. The first kappa shape index (κ1) is 17.3. The number of hydrogen-bond donors (Lipinski definition) is 1. The molecule has 2 aromatic rings. The smallest absolute Gasteiger partial charge is 0.240 e. The van der Waals surface area contributed by atoms with E-state index in [0.29, 0.717) is 11.6 Å². The van der Waals surface area contributed by atoms with E-state index in [1.807, 2.05) is 42.1 Å². The summed E-state index contributed by atoms with van der Waals surface area (Å²) in [5.41, 5.74) is 0.894. The fraction of sp³-hybridized carbons (Fsp3) is 0.353. The second-order valence-electron chi connectivity index (χ2n) is 5.74. The topological polar surface area (TPSA) is 76.5 Å². The van der Waals surface area contributed by atoms with Gasteiger partial charge in [0.05, 0.1) is 18.7 Å². The molecule has 3 rings (SSSR count). The number of carbonyl (C=O) groups is 2. The zero-order valence-corrected chi connectivity index (χ0v) is 15.0. The van der Waals surface area contributed by atoms with Crippen LogP contribution in [0.3, 0.4) is 0 Å². The van der Waals surface area contributed by atoms with Crippen LogP contribution in [0, 0.1) is 0 Å². The van der Waals surface area contributed by atoms with Gasteiger partial charge in [-0.3, -0.25) is 9.59 Å². The highest BCUT2D eigenvalue weighted by Gasteiger charge is 2.26. The molecule has 1 aromatic heterocycles. The molecule has 0 unspecified atom stereocenters. The zero-order valence-electron chi connectivity index (χ0n) is 14.1. The Hall–Kier alpha value is -2.48. The minimum Gasteiger partial charge on any atom is -0.497 e. The summed E-state index contributed by atoms with van der Waals surface area (Å²) in [6.45, 7) is 0.0584. The molecule has 25 heavy (non-hydrogen) atoms. The second kappa shape index (κ2) is 7.60. The van der Waals surface area contributed by atoms with E-state index in [-0.39, 0.29) is 18.4 Å². The molecule has 0 radical (unpaired) electrons. The van der Waals surface area contributed by atoms with Gasteiger partial charge in [-0.15, -0.1) is 11.8 Å². The van der Waals surface area contributed by atoms with Crippen LogP contribution in [0.4, 0.5) is 0 Å². The molecule has 1 aromatic carbocycles. The molecule has 2 heterocycles. The summed E-state index contributed by atoms with van der Waals surface area (Å²) in [7, 11) is 3.49. The highest BCUT2D eigenvalue weighted by atomic mass is 32.2. The van der Waals surface area contributed by atoms with Crippen molar-refractivity contribution in [3.05, 3.63) is 48.0 Å². The molecule has 1 N–H and O–H groups in total. The Labute approximate surface area is 150 Å². The number of benzene rings is 1. The Morgan fingerprint density at radius 3 is 2.72 bits per heavy atom. The van der Waals surface area contributed by atoms with Gasteiger partial charge in [0, 0.05) is 19.4 Å². The first-order valence-corrected chi connectivity index (χ1v) is 9.00. The fourth-order valence-electron chi connectivity index (χ4n) is 2.67. The number of nitrogens with zero attached hydrogens (tertiary/aromatic N) is 3. The van der Waals surface area contributed by atoms with Gasteiger partial charge in [0.15, 0.2) is 0 Å². The number of aromatic nitrogens is 2. The van der Waals surface area contributed by atoms with Gasteiger partial charge < -0.3 is 19.5 Å². The van der Waals surface area contributed by atoms with Gasteiger partial charge in [-0.2, -0.15) is 0 Å². The van der Waals surface area contributed by atoms with Crippen LogP contribution in [0.25, 0.3) is 0 Å². The number of aryl methyl sites for hydroxylation is 1. The number of amides is 2. The third kappa shape index (κ3) is 3.96. The van der Waals surface area contributed by atoms with Gasteiger partial charge in [-0.1, -0.05) is 12.1 Å². The highest BCUT2D eigenvalue weighted by Crippen LogP contribution is 2.23. The molecule has 0 bridgehead atoms. The standard InChI is InChI=1S/C17H20N4O3S/c1-20-8-7-18-17(20)16(12-3-5-13(24-2)6-4-12)19-14(22)9-21-11-25-10-15(21)23/h3-8,16H,9-11H2,1-2H3,(H,19,22)/t16-/m1/s1. The minimum absolute atomic E-state index is 0.00172. The van der Waals surface area contributed by atoms with E-state index >= 15 is 0 Å². The average Bonchev–Trinajstić information content (AvgIpc) is 3.21. The van der Waals surface area contributed by atoms with Crippen molar-refractivity contribution in [3.63, 3.8) is 0 Å². The van der Waals surface area contributed by atoms with Crippen LogP contribution in [0.15, 0.2) is 36.7 Å². The van der Waals surface area contributed by atoms with E-state index in [9.17, 15) is 9.59 Å². The maximum absolute atomic E-state index is 12.5. The fourth-order valence-corrected chi connectivity index (χ4v) is 3.57.